The molecule has 0 saturated carbocycles. The number of methoxy groups -OCH3 is 1. The Kier molecular flexibility index (Phi) is 5.24. The summed E-state index contributed by atoms with van der Waals surface area (Å²) in [6.45, 7) is 2.22. The van der Waals surface area contributed by atoms with Gasteiger partial charge in [-0.15, -0.1) is 0 Å². The lowest BCUT2D eigenvalue weighted by Crippen LogP contribution is -2.48. The first-order valence-electron chi connectivity index (χ1n) is 7.33. The minimum atomic E-state index is -3.57. The second-order valence-corrected chi connectivity index (χ2v) is 7.31. The molecule has 1 aromatic rings. The molecule has 118 valence electrons. The lowest BCUT2D eigenvalue weighted by molar-refractivity contribution is 0.0779. The van der Waals surface area contributed by atoms with Crippen molar-refractivity contribution in [2.24, 2.45) is 0 Å². The number of benzene rings is 1. The Morgan fingerprint density at radius 2 is 1.95 bits per heavy atom. The first-order chi connectivity index (χ1) is 9.98. The fraction of sp³-hybridized carbons (Fsp3) is 0.600. The Bertz CT molecular complexity index is 556. The van der Waals surface area contributed by atoms with Crippen LogP contribution >= 0.6 is 0 Å². The van der Waals surface area contributed by atoms with Gasteiger partial charge in [0.1, 0.15) is 5.75 Å². The lowest BCUT2D eigenvalue weighted by atomic mass is 9.99. The van der Waals surface area contributed by atoms with Gasteiger partial charge in [-0.3, -0.25) is 0 Å². The van der Waals surface area contributed by atoms with Crippen molar-refractivity contribution >= 4 is 10.0 Å². The van der Waals surface area contributed by atoms with Gasteiger partial charge in [-0.05, 0) is 43.5 Å². The summed E-state index contributed by atoms with van der Waals surface area (Å²) >= 11 is 0. The quantitative estimate of drug-likeness (QED) is 0.903. The fourth-order valence-corrected chi connectivity index (χ4v) is 4.50. The second kappa shape index (κ2) is 6.77. The normalized spacial score (nSPS) is 24.0. The van der Waals surface area contributed by atoms with Gasteiger partial charge in [0.2, 0.25) is 10.0 Å². The van der Waals surface area contributed by atoms with E-state index < -0.39 is 16.1 Å². The summed E-state index contributed by atoms with van der Waals surface area (Å²) in [7, 11) is -2.03. The summed E-state index contributed by atoms with van der Waals surface area (Å²) in [6, 6.07) is 6.37. The molecule has 21 heavy (non-hydrogen) atoms. The standard InChI is InChI=1S/C15H23NO4S/c1-3-4-12-5-6-13(17)11-16(12)21(18,19)15-9-7-14(20-2)8-10-15/h7-10,12-13,17H,3-6,11H2,1-2H3/t12-,13-/m1/s1. The van der Waals surface area contributed by atoms with Crippen molar-refractivity contribution in [2.75, 3.05) is 13.7 Å². The van der Waals surface area contributed by atoms with Crippen LogP contribution in [0.1, 0.15) is 32.6 Å². The van der Waals surface area contributed by atoms with Gasteiger partial charge in [0.25, 0.3) is 0 Å². The highest BCUT2D eigenvalue weighted by Crippen LogP contribution is 2.28. The van der Waals surface area contributed by atoms with E-state index in [-0.39, 0.29) is 17.5 Å². The summed E-state index contributed by atoms with van der Waals surface area (Å²) in [5.41, 5.74) is 0. The van der Waals surface area contributed by atoms with Crippen LogP contribution in [0.4, 0.5) is 0 Å². The molecule has 2 rings (SSSR count). The number of piperidine rings is 1. The predicted molar refractivity (Wildman–Crippen MR) is 80.8 cm³/mol. The van der Waals surface area contributed by atoms with E-state index in [0.29, 0.717) is 18.6 Å². The molecule has 2 atom stereocenters. The highest BCUT2D eigenvalue weighted by molar-refractivity contribution is 7.89. The Balaban J connectivity index is 2.29. The molecule has 5 nitrogen and oxygen atoms in total. The Morgan fingerprint density at radius 1 is 1.29 bits per heavy atom. The molecule has 1 aromatic carbocycles. The van der Waals surface area contributed by atoms with Gasteiger partial charge in [-0.25, -0.2) is 8.42 Å². The highest BCUT2D eigenvalue weighted by Gasteiger charge is 2.35. The molecule has 0 aromatic heterocycles. The molecule has 1 aliphatic heterocycles. The minimum absolute atomic E-state index is 0.0227. The highest BCUT2D eigenvalue weighted by atomic mass is 32.2. The van der Waals surface area contributed by atoms with E-state index in [1.807, 2.05) is 6.92 Å². The molecule has 1 N–H and O–H groups in total. The van der Waals surface area contributed by atoms with Crippen molar-refractivity contribution in [1.29, 1.82) is 0 Å². The molecule has 0 unspecified atom stereocenters. The van der Waals surface area contributed by atoms with Crippen LogP contribution in [-0.4, -0.2) is 43.6 Å². The zero-order valence-corrected chi connectivity index (χ0v) is 13.3. The Labute approximate surface area is 126 Å². The number of hydrogen-bond acceptors (Lipinski definition) is 4. The molecule has 1 heterocycles. The summed E-state index contributed by atoms with van der Waals surface area (Å²) in [5, 5.41) is 9.83. The van der Waals surface area contributed by atoms with Crippen LogP contribution < -0.4 is 4.74 Å². The van der Waals surface area contributed by atoms with E-state index in [1.54, 1.807) is 31.4 Å². The molecular formula is C15H23NO4S. The fourth-order valence-electron chi connectivity index (χ4n) is 2.78. The lowest BCUT2D eigenvalue weighted by Gasteiger charge is -2.37. The predicted octanol–water partition coefficient (Wildman–Crippen LogP) is 2.01. The Morgan fingerprint density at radius 3 is 2.52 bits per heavy atom. The zero-order chi connectivity index (χ0) is 15.5. The van der Waals surface area contributed by atoms with Gasteiger partial charge < -0.3 is 9.84 Å². The van der Waals surface area contributed by atoms with Crippen molar-refractivity contribution < 1.29 is 18.3 Å². The third-order valence-electron chi connectivity index (χ3n) is 3.92. The number of aliphatic hydroxyl groups is 1. The van der Waals surface area contributed by atoms with E-state index in [4.69, 9.17) is 4.74 Å². The number of ether oxygens (including phenoxy) is 1. The van der Waals surface area contributed by atoms with Gasteiger partial charge in [0.05, 0.1) is 18.1 Å². The average Bonchev–Trinajstić information content (AvgIpc) is 2.49. The summed E-state index contributed by atoms with van der Waals surface area (Å²) < 4.78 is 32.1. The maximum Gasteiger partial charge on any atom is 0.243 e. The van der Waals surface area contributed by atoms with Crippen molar-refractivity contribution in [3.63, 3.8) is 0 Å². The number of sulfonamides is 1. The van der Waals surface area contributed by atoms with Crippen molar-refractivity contribution in [1.82, 2.24) is 4.31 Å². The van der Waals surface area contributed by atoms with E-state index in [0.717, 1.165) is 12.8 Å². The molecule has 0 radical (unpaired) electrons. The second-order valence-electron chi connectivity index (χ2n) is 5.42. The van der Waals surface area contributed by atoms with Crippen molar-refractivity contribution in [3.05, 3.63) is 24.3 Å². The third kappa shape index (κ3) is 3.56. The summed E-state index contributed by atoms with van der Waals surface area (Å²) in [6.07, 6.45) is 2.55. The van der Waals surface area contributed by atoms with Gasteiger partial charge in [0, 0.05) is 12.6 Å². The van der Waals surface area contributed by atoms with Crippen LogP contribution in [0.15, 0.2) is 29.2 Å². The van der Waals surface area contributed by atoms with Crippen LogP contribution in [-0.2, 0) is 10.0 Å². The largest absolute Gasteiger partial charge is 0.497 e. The molecule has 1 fully saturated rings. The number of nitrogens with zero attached hydrogens (tertiary/aromatic N) is 1. The van der Waals surface area contributed by atoms with Gasteiger partial charge in [0.15, 0.2) is 0 Å². The molecular weight excluding hydrogens is 290 g/mol. The van der Waals surface area contributed by atoms with Crippen LogP contribution in [0, 0.1) is 0 Å². The first-order valence-corrected chi connectivity index (χ1v) is 8.77. The maximum absolute atomic E-state index is 12.8. The van der Waals surface area contributed by atoms with Crippen LogP contribution in [0.5, 0.6) is 5.75 Å². The summed E-state index contributed by atoms with van der Waals surface area (Å²) in [5.74, 6) is 0.623. The van der Waals surface area contributed by atoms with E-state index in [2.05, 4.69) is 0 Å². The van der Waals surface area contributed by atoms with E-state index >= 15 is 0 Å². The molecule has 1 aliphatic rings. The average molecular weight is 313 g/mol. The van der Waals surface area contributed by atoms with Gasteiger partial charge >= 0.3 is 0 Å². The first kappa shape index (κ1) is 16.3. The maximum atomic E-state index is 12.8. The van der Waals surface area contributed by atoms with Crippen LogP contribution in [0.2, 0.25) is 0 Å². The Hall–Kier alpha value is -1.11. The van der Waals surface area contributed by atoms with Crippen molar-refractivity contribution in [2.45, 2.75) is 49.6 Å². The SMILES string of the molecule is CCC[C@@H]1CC[C@@H](O)CN1S(=O)(=O)c1ccc(OC)cc1. The molecule has 1 saturated heterocycles. The number of aliphatic hydroxyl groups excluding tert-OH is 1. The molecule has 0 spiro atoms. The third-order valence-corrected chi connectivity index (χ3v) is 5.85. The molecule has 6 heteroatoms. The van der Waals surface area contributed by atoms with Crippen LogP contribution in [0.25, 0.3) is 0 Å². The van der Waals surface area contributed by atoms with Crippen LogP contribution in [0.3, 0.4) is 0 Å². The minimum Gasteiger partial charge on any atom is -0.497 e. The number of rotatable bonds is 5. The number of β-amino-alcohol motifs (C(OH)–C–C–N with tert-alkyl or cyclic N) is 1. The topological polar surface area (TPSA) is 66.8 Å². The molecule has 0 amide bonds. The monoisotopic (exact) mass is 313 g/mol. The van der Waals surface area contributed by atoms with Gasteiger partial charge in [-0.2, -0.15) is 4.31 Å². The van der Waals surface area contributed by atoms with Gasteiger partial charge in [-0.1, -0.05) is 13.3 Å². The van der Waals surface area contributed by atoms with E-state index in [1.165, 1.54) is 4.31 Å². The van der Waals surface area contributed by atoms with E-state index in [9.17, 15) is 13.5 Å². The zero-order valence-electron chi connectivity index (χ0n) is 12.5. The van der Waals surface area contributed by atoms with Crippen molar-refractivity contribution in [3.8, 4) is 5.75 Å². The smallest absolute Gasteiger partial charge is 0.243 e. The molecule has 0 aliphatic carbocycles. The molecule has 0 bridgehead atoms. The number of hydrogen-bond donors (Lipinski definition) is 1. The summed E-state index contributed by atoms with van der Waals surface area (Å²) in [4.78, 5) is 0.249.